The SMILES string of the molecule is CC(C)CC1OCCCC1NC(=O)c1cc(C(C)C)[nH]n1. The second-order valence-corrected chi connectivity index (χ2v) is 6.62. The highest BCUT2D eigenvalue weighted by molar-refractivity contribution is 5.92. The Kier molecular flexibility index (Phi) is 5.39. The Labute approximate surface area is 126 Å². The average Bonchev–Trinajstić information content (AvgIpc) is 2.90. The van der Waals surface area contributed by atoms with Gasteiger partial charge in [0.25, 0.3) is 5.91 Å². The third kappa shape index (κ3) is 4.30. The molecule has 2 unspecified atom stereocenters. The molecule has 1 aromatic heterocycles. The molecule has 1 aromatic rings. The van der Waals surface area contributed by atoms with Crippen LogP contribution in [0.3, 0.4) is 0 Å². The van der Waals surface area contributed by atoms with E-state index >= 15 is 0 Å². The molecule has 2 heterocycles. The van der Waals surface area contributed by atoms with Crippen molar-refractivity contribution in [3.8, 4) is 0 Å². The normalized spacial score (nSPS) is 22.8. The van der Waals surface area contributed by atoms with Crippen LogP contribution < -0.4 is 5.32 Å². The number of nitrogens with one attached hydrogen (secondary N) is 2. The number of amides is 1. The molecule has 5 heteroatoms. The molecule has 0 spiro atoms. The number of nitrogens with zero attached hydrogens (tertiary/aromatic N) is 1. The largest absolute Gasteiger partial charge is 0.376 e. The minimum atomic E-state index is -0.109. The van der Waals surface area contributed by atoms with E-state index in [4.69, 9.17) is 4.74 Å². The Hall–Kier alpha value is -1.36. The average molecular weight is 293 g/mol. The number of H-pyrrole nitrogens is 1. The molecule has 1 amide bonds. The van der Waals surface area contributed by atoms with E-state index in [0.29, 0.717) is 17.5 Å². The van der Waals surface area contributed by atoms with E-state index < -0.39 is 0 Å². The van der Waals surface area contributed by atoms with Crippen LogP contribution in [0, 0.1) is 5.92 Å². The van der Waals surface area contributed by atoms with E-state index in [2.05, 4.69) is 43.2 Å². The van der Waals surface area contributed by atoms with Gasteiger partial charge in [0, 0.05) is 12.3 Å². The number of hydrogen-bond acceptors (Lipinski definition) is 3. The van der Waals surface area contributed by atoms with Crippen LogP contribution >= 0.6 is 0 Å². The zero-order chi connectivity index (χ0) is 15.4. The second kappa shape index (κ2) is 7.07. The Morgan fingerprint density at radius 3 is 2.86 bits per heavy atom. The first-order valence-corrected chi connectivity index (χ1v) is 7.95. The van der Waals surface area contributed by atoms with Gasteiger partial charge in [-0.3, -0.25) is 9.89 Å². The summed E-state index contributed by atoms with van der Waals surface area (Å²) < 4.78 is 5.84. The molecule has 0 bridgehead atoms. The van der Waals surface area contributed by atoms with E-state index in [1.807, 2.05) is 6.07 Å². The Morgan fingerprint density at radius 2 is 2.24 bits per heavy atom. The summed E-state index contributed by atoms with van der Waals surface area (Å²) in [5, 5.41) is 10.1. The molecular weight excluding hydrogens is 266 g/mol. The van der Waals surface area contributed by atoms with Gasteiger partial charge in [0.1, 0.15) is 5.69 Å². The van der Waals surface area contributed by atoms with Crippen molar-refractivity contribution >= 4 is 5.91 Å². The molecule has 2 N–H and O–H groups in total. The van der Waals surface area contributed by atoms with E-state index in [-0.39, 0.29) is 18.1 Å². The van der Waals surface area contributed by atoms with E-state index in [0.717, 1.165) is 31.6 Å². The smallest absolute Gasteiger partial charge is 0.272 e. The summed E-state index contributed by atoms with van der Waals surface area (Å²) in [4.78, 5) is 12.3. The van der Waals surface area contributed by atoms with E-state index in [9.17, 15) is 4.79 Å². The van der Waals surface area contributed by atoms with Gasteiger partial charge in [0.2, 0.25) is 0 Å². The maximum absolute atomic E-state index is 12.3. The molecule has 118 valence electrons. The van der Waals surface area contributed by atoms with Crippen molar-refractivity contribution in [1.82, 2.24) is 15.5 Å². The lowest BCUT2D eigenvalue weighted by atomic mass is 9.94. The molecular formula is C16H27N3O2. The third-order valence-electron chi connectivity index (χ3n) is 3.91. The molecule has 0 saturated carbocycles. The van der Waals surface area contributed by atoms with Crippen LogP contribution in [0.1, 0.15) is 69.1 Å². The monoisotopic (exact) mass is 293 g/mol. The van der Waals surface area contributed by atoms with Crippen molar-refractivity contribution in [2.24, 2.45) is 5.92 Å². The summed E-state index contributed by atoms with van der Waals surface area (Å²) in [7, 11) is 0. The van der Waals surface area contributed by atoms with Crippen molar-refractivity contribution in [3.05, 3.63) is 17.5 Å². The fraction of sp³-hybridized carbons (Fsp3) is 0.750. The molecule has 1 aliphatic rings. The highest BCUT2D eigenvalue weighted by Crippen LogP contribution is 2.21. The van der Waals surface area contributed by atoms with Crippen molar-refractivity contribution in [2.75, 3.05) is 6.61 Å². The first-order valence-electron chi connectivity index (χ1n) is 7.95. The van der Waals surface area contributed by atoms with Crippen LogP contribution in [0.25, 0.3) is 0 Å². The van der Waals surface area contributed by atoms with Gasteiger partial charge in [-0.15, -0.1) is 0 Å². The van der Waals surface area contributed by atoms with Crippen LogP contribution in [-0.2, 0) is 4.74 Å². The highest BCUT2D eigenvalue weighted by Gasteiger charge is 2.28. The Morgan fingerprint density at radius 1 is 1.48 bits per heavy atom. The number of aromatic nitrogens is 2. The van der Waals surface area contributed by atoms with Gasteiger partial charge in [0.05, 0.1) is 12.1 Å². The number of carbonyl (C=O) groups excluding carboxylic acids is 1. The van der Waals surface area contributed by atoms with Crippen molar-refractivity contribution < 1.29 is 9.53 Å². The van der Waals surface area contributed by atoms with E-state index in [1.165, 1.54) is 0 Å². The van der Waals surface area contributed by atoms with Crippen LogP contribution in [0.5, 0.6) is 0 Å². The third-order valence-corrected chi connectivity index (χ3v) is 3.91. The van der Waals surface area contributed by atoms with Gasteiger partial charge < -0.3 is 10.1 Å². The predicted octanol–water partition coefficient (Wildman–Crippen LogP) is 2.86. The molecule has 2 rings (SSSR count). The quantitative estimate of drug-likeness (QED) is 0.877. The summed E-state index contributed by atoms with van der Waals surface area (Å²) in [5.74, 6) is 0.790. The molecule has 1 fully saturated rings. The number of rotatable bonds is 5. The summed E-state index contributed by atoms with van der Waals surface area (Å²) in [6.45, 7) is 9.30. The Bertz CT molecular complexity index is 468. The number of aromatic amines is 1. The standard InChI is InChI=1S/C16H27N3O2/c1-10(2)8-15-12(6-5-7-21-15)17-16(20)14-9-13(11(3)4)18-19-14/h9-12,15H,5-8H2,1-4H3,(H,17,20)(H,18,19). The van der Waals surface area contributed by atoms with Crippen LogP contribution in [0.4, 0.5) is 0 Å². The molecule has 0 radical (unpaired) electrons. The maximum Gasteiger partial charge on any atom is 0.272 e. The number of ether oxygens (including phenoxy) is 1. The minimum Gasteiger partial charge on any atom is -0.376 e. The van der Waals surface area contributed by atoms with Gasteiger partial charge >= 0.3 is 0 Å². The Balaban J connectivity index is 1.98. The lowest BCUT2D eigenvalue weighted by molar-refractivity contribution is -0.0186. The van der Waals surface area contributed by atoms with E-state index in [1.54, 1.807) is 0 Å². The molecule has 1 saturated heterocycles. The van der Waals surface area contributed by atoms with Crippen molar-refractivity contribution in [1.29, 1.82) is 0 Å². The lowest BCUT2D eigenvalue weighted by Crippen LogP contribution is -2.47. The molecule has 2 atom stereocenters. The fourth-order valence-corrected chi connectivity index (χ4v) is 2.69. The molecule has 21 heavy (non-hydrogen) atoms. The van der Waals surface area contributed by atoms with Crippen molar-refractivity contribution in [2.45, 2.75) is 65.0 Å². The van der Waals surface area contributed by atoms with Gasteiger partial charge in [-0.05, 0) is 37.2 Å². The molecule has 1 aliphatic heterocycles. The van der Waals surface area contributed by atoms with Crippen LogP contribution in [-0.4, -0.2) is 34.9 Å². The molecule has 0 aromatic carbocycles. The summed E-state index contributed by atoms with van der Waals surface area (Å²) in [5.41, 5.74) is 1.45. The number of carbonyl (C=O) groups is 1. The lowest BCUT2D eigenvalue weighted by Gasteiger charge is -2.33. The topological polar surface area (TPSA) is 67.0 Å². The van der Waals surface area contributed by atoms with Gasteiger partial charge in [-0.2, -0.15) is 5.10 Å². The zero-order valence-electron chi connectivity index (χ0n) is 13.5. The van der Waals surface area contributed by atoms with Crippen LogP contribution in [0.2, 0.25) is 0 Å². The van der Waals surface area contributed by atoms with Gasteiger partial charge in [-0.25, -0.2) is 0 Å². The molecule has 5 nitrogen and oxygen atoms in total. The minimum absolute atomic E-state index is 0.0906. The second-order valence-electron chi connectivity index (χ2n) is 6.62. The summed E-state index contributed by atoms with van der Waals surface area (Å²) in [6, 6.07) is 1.93. The summed E-state index contributed by atoms with van der Waals surface area (Å²) >= 11 is 0. The summed E-state index contributed by atoms with van der Waals surface area (Å²) in [6.07, 6.45) is 3.07. The first-order chi connectivity index (χ1) is 9.97. The highest BCUT2D eigenvalue weighted by atomic mass is 16.5. The van der Waals surface area contributed by atoms with Gasteiger partial charge in [-0.1, -0.05) is 27.7 Å². The maximum atomic E-state index is 12.3. The predicted molar refractivity (Wildman–Crippen MR) is 82.4 cm³/mol. The zero-order valence-corrected chi connectivity index (χ0v) is 13.5. The fourth-order valence-electron chi connectivity index (χ4n) is 2.69. The van der Waals surface area contributed by atoms with Crippen LogP contribution in [0.15, 0.2) is 6.07 Å². The number of hydrogen-bond donors (Lipinski definition) is 2. The first kappa shape index (κ1) is 16.0. The van der Waals surface area contributed by atoms with Crippen molar-refractivity contribution in [3.63, 3.8) is 0 Å². The van der Waals surface area contributed by atoms with Gasteiger partial charge in [0.15, 0.2) is 0 Å². The molecule has 0 aliphatic carbocycles.